The molecule has 140 valence electrons. The predicted molar refractivity (Wildman–Crippen MR) is 101 cm³/mol. The summed E-state index contributed by atoms with van der Waals surface area (Å²) in [7, 11) is -3.30. The number of benzene rings is 1. The standard InChI is InChI=1S/C17H21ClN4O3S/c1-12(2)17-15(10-19-22(17)14-6-4-13(18)5-7-14)20-16(23)11-21-8-3-9-26(21,24)25/h4-7,10,12H,3,8-9,11H2,1-2H3,(H,20,23). The number of nitrogens with one attached hydrogen (secondary N) is 1. The van der Waals surface area contributed by atoms with Crippen molar-refractivity contribution < 1.29 is 13.2 Å². The average Bonchev–Trinajstić information content (AvgIpc) is 3.12. The Labute approximate surface area is 158 Å². The second-order valence-corrected chi connectivity index (χ2v) is 9.06. The number of halogens is 1. The summed E-state index contributed by atoms with van der Waals surface area (Å²) in [6.45, 7) is 4.22. The summed E-state index contributed by atoms with van der Waals surface area (Å²) in [5, 5.41) is 7.81. The zero-order chi connectivity index (χ0) is 18.9. The lowest BCUT2D eigenvalue weighted by molar-refractivity contribution is -0.116. The molecule has 26 heavy (non-hydrogen) atoms. The Bertz CT molecular complexity index is 907. The lowest BCUT2D eigenvalue weighted by Gasteiger charge is -2.16. The minimum absolute atomic E-state index is 0.0963. The molecule has 0 spiro atoms. The molecule has 0 radical (unpaired) electrons. The van der Waals surface area contributed by atoms with E-state index in [1.165, 1.54) is 4.31 Å². The molecular weight excluding hydrogens is 376 g/mol. The molecule has 1 fully saturated rings. The van der Waals surface area contributed by atoms with Crippen LogP contribution in [0.4, 0.5) is 5.69 Å². The molecule has 0 saturated carbocycles. The smallest absolute Gasteiger partial charge is 0.239 e. The SMILES string of the molecule is CC(C)c1c(NC(=O)CN2CCCS2(=O)=O)cnn1-c1ccc(Cl)cc1. The van der Waals surface area contributed by atoms with Crippen LogP contribution < -0.4 is 5.32 Å². The molecule has 0 atom stereocenters. The van der Waals surface area contributed by atoms with Crippen molar-refractivity contribution >= 4 is 33.2 Å². The van der Waals surface area contributed by atoms with Crippen molar-refractivity contribution in [1.29, 1.82) is 0 Å². The van der Waals surface area contributed by atoms with Crippen molar-refractivity contribution in [3.05, 3.63) is 41.2 Å². The number of aromatic nitrogens is 2. The van der Waals surface area contributed by atoms with Crippen LogP contribution in [0.15, 0.2) is 30.5 Å². The molecule has 0 aliphatic carbocycles. The molecule has 3 rings (SSSR count). The van der Waals surface area contributed by atoms with Gasteiger partial charge in [0, 0.05) is 11.6 Å². The highest BCUT2D eigenvalue weighted by Crippen LogP contribution is 2.27. The molecule has 0 unspecified atom stereocenters. The molecule has 1 aliphatic rings. The summed E-state index contributed by atoms with van der Waals surface area (Å²) >= 11 is 5.94. The first-order chi connectivity index (χ1) is 12.3. The van der Waals surface area contributed by atoms with Crippen molar-refractivity contribution in [1.82, 2.24) is 14.1 Å². The predicted octanol–water partition coefficient (Wildman–Crippen LogP) is 2.62. The first kappa shape index (κ1) is 18.9. The van der Waals surface area contributed by atoms with Gasteiger partial charge in [0.15, 0.2) is 0 Å². The second-order valence-electron chi connectivity index (χ2n) is 6.54. The van der Waals surface area contributed by atoms with E-state index >= 15 is 0 Å². The van der Waals surface area contributed by atoms with Gasteiger partial charge in [0.2, 0.25) is 15.9 Å². The van der Waals surface area contributed by atoms with Crippen molar-refractivity contribution in [3.63, 3.8) is 0 Å². The Kier molecular flexibility index (Phi) is 5.36. The molecule has 1 amide bonds. The Morgan fingerprint density at radius 1 is 1.31 bits per heavy atom. The number of carbonyl (C=O) groups is 1. The highest BCUT2D eigenvalue weighted by atomic mass is 35.5. The van der Waals surface area contributed by atoms with Crippen LogP contribution in [0.5, 0.6) is 0 Å². The topological polar surface area (TPSA) is 84.3 Å². The molecule has 1 N–H and O–H groups in total. The van der Waals surface area contributed by atoms with E-state index in [9.17, 15) is 13.2 Å². The van der Waals surface area contributed by atoms with Gasteiger partial charge >= 0.3 is 0 Å². The van der Waals surface area contributed by atoms with E-state index in [2.05, 4.69) is 10.4 Å². The van der Waals surface area contributed by atoms with Gasteiger partial charge in [-0.3, -0.25) is 4.79 Å². The fourth-order valence-corrected chi connectivity index (χ4v) is 4.62. The van der Waals surface area contributed by atoms with E-state index in [0.717, 1.165) is 11.4 Å². The molecule has 1 saturated heterocycles. The lowest BCUT2D eigenvalue weighted by atomic mass is 10.1. The van der Waals surface area contributed by atoms with Crippen molar-refractivity contribution in [2.75, 3.05) is 24.2 Å². The third kappa shape index (κ3) is 3.92. The Morgan fingerprint density at radius 2 is 2.00 bits per heavy atom. The largest absolute Gasteiger partial charge is 0.322 e. The van der Waals surface area contributed by atoms with Gasteiger partial charge in [-0.25, -0.2) is 13.1 Å². The molecule has 2 aromatic rings. The maximum absolute atomic E-state index is 12.3. The lowest BCUT2D eigenvalue weighted by Crippen LogP contribution is -2.34. The highest BCUT2D eigenvalue weighted by Gasteiger charge is 2.30. The number of rotatable bonds is 5. The Hall–Kier alpha value is -1.90. The van der Waals surface area contributed by atoms with E-state index in [1.54, 1.807) is 23.0 Å². The molecule has 1 aliphatic heterocycles. The van der Waals surface area contributed by atoms with Gasteiger partial charge in [0.05, 0.1) is 35.6 Å². The summed E-state index contributed by atoms with van der Waals surface area (Å²) < 4.78 is 26.7. The van der Waals surface area contributed by atoms with Gasteiger partial charge in [-0.1, -0.05) is 25.4 Å². The van der Waals surface area contributed by atoms with Crippen LogP contribution in [-0.2, 0) is 14.8 Å². The quantitative estimate of drug-likeness (QED) is 0.841. The van der Waals surface area contributed by atoms with Gasteiger partial charge in [-0.15, -0.1) is 0 Å². The van der Waals surface area contributed by atoms with E-state index in [1.807, 2.05) is 26.0 Å². The zero-order valence-corrected chi connectivity index (χ0v) is 16.2. The fraction of sp³-hybridized carbons (Fsp3) is 0.412. The Morgan fingerprint density at radius 3 is 2.58 bits per heavy atom. The summed E-state index contributed by atoms with van der Waals surface area (Å²) in [4.78, 5) is 12.3. The first-order valence-electron chi connectivity index (χ1n) is 8.39. The number of hydrogen-bond acceptors (Lipinski definition) is 4. The summed E-state index contributed by atoms with van der Waals surface area (Å²) in [6.07, 6.45) is 2.14. The van der Waals surface area contributed by atoms with Crippen LogP contribution in [0.1, 0.15) is 31.9 Å². The minimum Gasteiger partial charge on any atom is -0.322 e. The minimum atomic E-state index is -3.30. The van der Waals surface area contributed by atoms with Crippen molar-refractivity contribution in [3.8, 4) is 5.69 Å². The monoisotopic (exact) mass is 396 g/mol. The van der Waals surface area contributed by atoms with Gasteiger partial charge in [-0.05, 0) is 36.6 Å². The van der Waals surface area contributed by atoms with E-state index in [0.29, 0.717) is 23.7 Å². The summed E-state index contributed by atoms with van der Waals surface area (Å²) in [6, 6.07) is 7.26. The van der Waals surface area contributed by atoms with Crippen molar-refractivity contribution in [2.24, 2.45) is 0 Å². The van der Waals surface area contributed by atoms with Gasteiger partial charge < -0.3 is 5.32 Å². The summed E-state index contributed by atoms with van der Waals surface area (Å²) in [5.41, 5.74) is 2.25. The summed E-state index contributed by atoms with van der Waals surface area (Å²) in [5.74, 6) is -0.168. The fourth-order valence-electron chi connectivity index (χ4n) is 3.02. The number of carbonyl (C=O) groups excluding carboxylic acids is 1. The van der Waals surface area contributed by atoms with Crippen LogP contribution in [-0.4, -0.2) is 47.3 Å². The van der Waals surface area contributed by atoms with Crippen LogP contribution in [0.25, 0.3) is 5.69 Å². The molecular formula is C17H21ClN4O3S. The van der Waals surface area contributed by atoms with Gasteiger partial charge in [0.25, 0.3) is 0 Å². The zero-order valence-electron chi connectivity index (χ0n) is 14.6. The second kappa shape index (κ2) is 7.38. The van der Waals surface area contributed by atoms with E-state index in [-0.39, 0.29) is 24.1 Å². The van der Waals surface area contributed by atoms with Crippen LogP contribution in [0, 0.1) is 0 Å². The number of nitrogens with zero attached hydrogens (tertiary/aromatic N) is 3. The number of hydrogen-bond donors (Lipinski definition) is 1. The third-order valence-corrected chi connectivity index (χ3v) is 6.38. The van der Waals surface area contributed by atoms with Gasteiger partial charge in [-0.2, -0.15) is 9.40 Å². The number of sulfonamides is 1. The maximum Gasteiger partial charge on any atom is 0.239 e. The molecule has 9 heteroatoms. The molecule has 1 aromatic carbocycles. The van der Waals surface area contributed by atoms with Gasteiger partial charge in [0.1, 0.15) is 0 Å². The third-order valence-electron chi connectivity index (χ3n) is 4.22. The van der Waals surface area contributed by atoms with Crippen molar-refractivity contribution in [2.45, 2.75) is 26.2 Å². The number of anilines is 1. The van der Waals surface area contributed by atoms with E-state index < -0.39 is 10.0 Å². The first-order valence-corrected chi connectivity index (χ1v) is 10.4. The number of amides is 1. The Balaban J connectivity index is 1.82. The molecule has 7 nitrogen and oxygen atoms in total. The maximum atomic E-state index is 12.3. The highest BCUT2D eigenvalue weighted by molar-refractivity contribution is 7.89. The molecule has 1 aromatic heterocycles. The normalized spacial score (nSPS) is 16.9. The van der Waals surface area contributed by atoms with Crippen LogP contribution in [0.2, 0.25) is 5.02 Å². The van der Waals surface area contributed by atoms with E-state index in [4.69, 9.17) is 11.6 Å². The molecule has 2 heterocycles. The van der Waals surface area contributed by atoms with Crippen LogP contribution >= 0.6 is 11.6 Å². The van der Waals surface area contributed by atoms with Crippen LogP contribution in [0.3, 0.4) is 0 Å². The molecule has 0 bridgehead atoms. The average molecular weight is 397 g/mol.